The molecule has 1 unspecified atom stereocenters. The van der Waals surface area contributed by atoms with Gasteiger partial charge in [0.15, 0.2) is 0 Å². The number of hydrogen-bond acceptors (Lipinski definition) is 2. The summed E-state index contributed by atoms with van der Waals surface area (Å²) in [4.78, 5) is 10.0. The largest absolute Gasteiger partial charge is 0.481 e. The Morgan fingerprint density at radius 1 is 2.29 bits per heavy atom. The minimum absolute atomic E-state index is 0.779. The Labute approximate surface area is 45.8 Å². The summed E-state index contributed by atoms with van der Waals surface area (Å²) in [5.74, 6) is -1.84. The highest BCUT2D eigenvalue weighted by molar-refractivity contribution is 5.67. The lowest BCUT2D eigenvalue weighted by atomic mass is 10.3. The average molecular weight is 107 g/mol. The predicted octanol–water partition coefficient (Wildman–Crippen LogP) is -0.158. The average Bonchev–Trinajstić information content (AvgIpc) is 1.62. The number of hydrogen-bond donors (Lipinski definition) is 2. The van der Waals surface area contributed by atoms with E-state index >= 15 is 0 Å². The standard InChI is InChI=1S/C4H8O3/c1-3(5)2-4(6)7/h3,5H,2H2,1H3,(H,6,7)/i2D2,3D. The molecule has 0 amide bonds. The third kappa shape index (κ3) is 5.43. The Morgan fingerprint density at radius 3 is 2.71 bits per heavy atom. The van der Waals surface area contributed by atoms with Crippen molar-refractivity contribution in [3.63, 3.8) is 0 Å². The van der Waals surface area contributed by atoms with Gasteiger partial charge in [-0.3, -0.25) is 4.79 Å². The summed E-state index contributed by atoms with van der Waals surface area (Å²) >= 11 is 0. The molecular formula is C4H8O3. The highest BCUT2D eigenvalue weighted by Crippen LogP contribution is 1.85. The van der Waals surface area contributed by atoms with Crippen LogP contribution in [0.2, 0.25) is 0 Å². The zero-order valence-electron chi connectivity index (χ0n) is 6.80. The van der Waals surface area contributed by atoms with E-state index in [9.17, 15) is 4.79 Å². The van der Waals surface area contributed by atoms with Gasteiger partial charge in [-0.2, -0.15) is 0 Å². The molecule has 0 heterocycles. The van der Waals surface area contributed by atoms with Crippen molar-refractivity contribution in [3.8, 4) is 0 Å². The molecule has 42 valence electrons. The summed E-state index contributed by atoms with van der Waals surface area (Å²) in [6, 6.07) is 0. The number of aliphatic carboxylic acids is 1. The van der Waals surface area contributed by atoms with Crippen molar-refractivity contribution in [1.82, 2.24) is 0 Å². The number of carboxylic acids is 1. The predicted molar refractivity (Wildman–Crippen MR) is 23.9 cm³/mol. The van der Waals surface area contributed by atoms with Gasteiger partial charge in [0.25, 0.3) is 0 Å². The third-order valence-electron chi connectivity index (χ3n) is 0.288. The zero-order valence-corrected chi connectivity index (χ0v) is 3.80. The van der Waals surface area contributed by atoms with Crippen LogP contribution >= 0.6 is 0 Å². The summed E-state index contributed by atoms with van der Waals surface area (Å²) in [6.07, 6.45) is -5.52. The molecule has 1 atom stereocenters. The van der Waals surface area contributed by atoms with Gasteiger partial charge in [-0.15, -0.1) is 0 Å². The lowest BCUT2D eigenvalue weighted by Crippen LogP contribution is -2.07. The van der Waals surface area contributed by atoms with Crippen LogP contribution in [0, 0.1) is 0 Å². The first-order valence-electron chi connectivity index (χ1n) is 3.15. The number of aliphatic hydroxyl groups is 1. The van der Waals surface area contributed by atoms with Crippen LogP contribution in [0.3, 0.4) is 0 Å². The van der Waals surface area contributed by atoms with Crippen molar-refractivity contribution >= 4 is 5.97 Å². The zero-order chi connectivity index (χ0) is 8.58. The SMILES string of the molecule is [2H]C(C)(O)C([2H])([2H])C(=O)O. The first-order chi connectivity index (χ1) is 4.19. The van der Waals surface area contributed by atoms with Gasteiger partial charge in [0, 0.05) is 2.74 Å². The van der Waals surface area contributed by atoms with Crippen LogP contribution in [0.15, 0.2) is 0 Å². The monoisotopic (exact) mass is 107 g/mol. The fourth-order valence-corrected chi connectivity index (χ4v) is 0.155. The highest BCUT2D eigenvalue weighted by Gasteiger charge is 2.00. The van der Waals surface area contributed by atoms with Crippen molar-refractivity contribution in [1.29, 1.82) is 0 Å². The number of carboxylic acid groups (broad SMARTS) is 1. The topological polar surface area (TPSA) is 57.5 Å². The first kappa shape index (κ1) is 2.67. The maximum Gasteiger partial charge on any atom is 0.305 e. The molecule has 0 aromatic heterocycles. The fraction of sp³-hybridized carbons (Fsp3) is 0.750. The first-order valence-corrected chi connectivity index (χ1v) is 1.65. The van der Waals surface area contributed by atoms with E-state index in [1.54, 1.807) is 0 Å². The van der Waals surface area contributed by atoms with Gasteiger partial charge in [0.1, 0.15) is 0 Å². The van der Waals surface area contributed by atoms with E-state index in [1.807, 2.05) is 0 Å². The molecule has 0 aliphatic carbocycles. The van der Waals surface area contributed by atoms with E-state index in [-0.39, 0.29) is 0 Å². The Kier molecular flexibility index (Phi) is 0.982. The summed E-state index contributed by atoms with van der Waals surface area (Å²) in [6.45, 7) is 0.779. The van der Waals surface area contributed by atoms with Crippen molar-refractivity contribution < 1.29 is 19.1 Å². The number of rotatable bonds is 2. The van der Waals surface area contributed by atoms with Gasteiger partial charge in [-0.05, 0) is 6.92 Å². The van der Waals surface area contributed by atoms with Crippen LogP contribution in [0.4, 0.5) is 0 Å². The molecule has 0 saturated heterocycles. The molecule has 0 aliphatic heterocycles. The summed E-state index contributed by atoms with van der Waals surface area (Å²) in [5, 5.41) is 16.7. The Balaban J connectivity index is 4.57. The minimum atomic E-state index is -2.92. The smallest absolute Gasteiger partial charge is 0.305 e. The van der Waals surface area contributed by atoms with E-state index < -0.39 is 18.4 Å². The Bertz CT molecular complexity index is 148. The second-order valence-corrected chi connectivity index (χ2v) is 1.02. The molecule has 0 rings (SSSR count). The lowest BCUT2D eigenvalue weighted by Gasteiger charge is -1.94. The van der Waals surface area contributed by atoms with Crippen LogP contribution in [0.1, 0.15) is 17.4 Å². The summed E-state index contributed by atoms with van der Waals surface area (Å²) in [5.41, 5.74) is 0. The molecule has 0 spiro atoms. The van der Waals surface area contributed by atoms with Gasteiger partial charge in [0.05, 0.1) is 13.8 Å². The van der Waals surface area contributed by atoms with Crippen molar-refractivity contribution in [2.24, 2.45) is 0 Å². The fourth-order valence-electron chi connectivity index (χ4n) is 0.155. The Morgan fingerprint density at radius 2 is 2.71 bits per heavy atom. The van der Waals surface area contributed by atoms with Gasteiger partial charge in [-0.1, -0.05) is 0 Å². The van der Waals surface area contributed by atoms with Crippen molar-refractivity contribution in [2.45, 2.75) is 19.4 Å². The molecule has 0 fully saturated rings. The maximum atomic E-state index is 10.0. The van der Waals surface area contributed by atoms with Crippen molar-refractivity contribution in [2.75, 3.05) is 0 Å². The van der Waals surface area contributed by atoms with E-state index in [2.05, 4.69) is 0 Å². The molecule has 0 aromatic carbocycles. The van der Waals surface area contributed by atoms with E-state index in [0.29, 0.717) is 0 Å². The molecule has 0 bridgehead atoms. The minimum Gasteiger partial charge on any atom is -0.481 e. The van der Waals surface area contributed by atoms with E-state index in [1.165, 1.54) is 0 Å². The maximum absolute atomic E-state index is 10.0. The lowest BCUT2D eigenvalue weighted by molar-refractivity contribution is -0.138. The molecule has 0 radical (unpaired) electrons. The van der Waals surface area contributed by atoms with Crippen LogP contribution < -0.4 is 0 Å². The number of carbonyl (C=O) groups is 1. The van der Waals surface area contributed by atoms with Crippen LogP contribution in [0.5, 0.6) is 0 Å². The molecule has 2 N–H and O–H groups in total. The van der Waals surface area contributed by atoms with Crippen LogP contribution in [-0.2, 0) is 4.79 Å². The molecule has 7 heavy (non-hydrogen) atoms. The van der Waals surface area contributed by atoms with Gasteiger partial charge in [0.2, 0.25) is 0 Å². The van der Waals surface area contributed by atoms with E-state index in [0.717, 1.165) is 6.92 Å². The second kappa shape index (κ2) is 2.58. The molecule has 3 heteroatoms. The second-order valence-electron chi connectivity index (χ2n) is 1.02. The third-order valence-corrected chi connectivity index (χ3v) is 0.288. The summed E-state index contributed by atoms with van der Waals surface area (Å²) in [7, 11) is 0. The molecule has 0 aromatic rings. The Hall–Kier alpha value is -0.570. The van der Waals surface area contributed by atoms with Gasteiger partial charge >= 0.3 is 5.97 Å². The van der Waals surface area contributed by atoms with Crippen molar-refractivity contribution in [3.05, 3.63) is 0 Å². The molecule has 0 aliphatic rings. The highest BCUT2D eigenvalue weighted by atomic mass is 16.4. The van der Waals surface area contributed by atoms with Crippen LogP contribution in [-0.4, -0.2) is 22.3 Å². The van der Waals surface area contributed by atoms with Gasteiger partial charge in [-0.25, -0.2) is 0 Å². The summed E-state index contributed by atoms with van der Waals surface area (Å²) < 4.78 is 20.0. The van der Waals surface area contributed by atoms with E-state index in [4.69, 9.17) is 14.3 Å². The van der Waals surface area contributed by atoms with Crippen LogP contribution in [0.25, 0.3) is 0 Å². The molecular weight excluding hydrogens is 96.0 g/mol. The van der Waals surface area contributed by atoms with Gasteiger partial charge < -0.3 is 10.2 Å². The quantitative estimate of drug-likeness (QED) is 0.515. The molecule has 3 nitrogen and oxygen atoms in total. The normalized spacial score (nSPS) is 26.3. The molecule has 0 saturated carbocycles.